The molecule has 0 spiro atoms. The van der Waals surface area contributed by atoms with Crippen molar-refractivity contribution in [3.63, 3.8) is 0 Å². The predicted molar refractivity (Wildman–Crippen MR) is 110 cm³/mol. The van der Waals surface area contributed by atoms with Crippen molar-refractivity contribution in [3.8, 4) is 0 Å². The van der Waals surface area contributed by atoms with Crippen LogP contribution in [0.4, 0.5) is 10.8 Å². The highest BCUT2D eigenvalue weighted by Gasteiger charge is 2.19. The monoisotopic (exact) mass is 393 g/mol. The van der Waals surface area contributed by atoms with Crippen molar-refractivity contribution in [2.45, 2.75) is 26.7 Å². The summed E-state index contributed by atoms with van der Waals surface area (Å²) in [6.07, 6.45) is 2.44. The molecular weight excluding hydrogens is 374 g/mol. The molecule has 0 bridgehead atoms. The van der Waals surface area contributed by atoms with Crippen LogP contribution in [-0.2, 0) is 0 Å². The molecule has 3 aromatic heterocycles. The number of pyridine rings is 1. The number of aryl methyl sites for hydroxylation is 2. The SMILES string of the molecule is Cc1cc(C(=O)Nc2ccc3nc(N4CCCC4)sc3c2)c2c(C)noc2n1. The van der Waals surface area contributed by atoms with Gasteiger partial charge in [-0.1, -0.05) is 16.5 Å². The van der Waals surface area contributed by atoms with E-state index in [2.05, 4.69) is 20.4 Å². The minimum absolute atomic E-state index is 0.203. The number of amides is 1. The van der Waals surface area contributed by atoms with Crippen molar-refractivity contribution in [3.05, 3.63) is 41.2 Å². The normalized spacial score (nSPS) is 14.3. The fourth-order valence-corrected chi connectivity index (χ4v) is 4.69. The summed E-state index contributed by atoms with van der Waals surface area (Å²) in [5, 5.41) is 8.64. The van der Waals surface area contributed by atoms with E-state index in [9.17, 15) is 4.79 Å². The number of carbonyl (C=O) groups is 1. The number of hydrogen-bond donors (Lipinski definition) is 1. The van der Waals surface area contributed by atoms with Gasteiger partial charge in [-0.3, -0.25) is 4.79 Å². The lowest BCUT2D eigenvalue weighted by Crippen LogP contribution is -2.16. The third kappa shape index (κ3) is 2.90. The molecule has 1 aromatic carbocycles. The first-order valence-electron chi connectivity index (χ1n) is 9.29. The summed E-state index contributed by atoms with van der Waals surface area (Å²) in [5.41, 5.74) is 3.97. The van der Waals surface area contributed by atoms with Gasteiger partial charge < -0.3 is 14.7 Å². The topological polar surface area (TPSA) is 84.2 Å². The summed E-state index contributed by atoms with van der Waals surface area (Å²) in [6, 6.07) is 7.59. The zero-order valence-electron chi connectivity index (χ0n) is 15.7. The van der Waals surface area contributed by atoms with E-state index in [4.69, 9.17) is 9.51 Å². The van der Waals surface area contributed by atoms with Crippen LogP contribution in [0.15, 0.2) is 28.8 Å². The zero-order valence-corrected chi connectivity index (χ0v) is 16.5. The number of rotatable bonds is 3. The molecule has 0 aliphatic carbocycles. The smallest absolute Gasteiger partial charge is 0.258 e. The predicted octanol–water partition coefficient (Wildman–Crippen LogP) is 4.30. The van der Waals surface area contributed by atoms with Gasteiger partial charge in [-0.05, 0) is 51.0 Å². The number of benzene rings is 1. The van der Waals surface area contributed by atoms with E-state index < -0.39 is 0 Å². The van der Waals surface area contributed by atoms with Gasteiger partial charge in [0.15, 0.2) is 5.13 Å². The lowest BCUT2D eigenvalue weighted by atomic mass is 10.1. The molecule has 0 saturated carbocycles. The number of fused-ring (bicyclic) bond motifs is 2. The average Bonchev–Trinajstić information content (AvgIpc) is 3.40. The van der Waals surface area contributed by atoms with Crippen molar-refractivity contribution in [2.24, 2.45) is 0 Å². The first-order valence-corrected chi connectivity index (χ1v) is 10.1. The van der Waals surface area contributed by atoms with Gasteiger partial charge in [0.1, 0.15) is 0 Å². The molecule has 7 nitrogen and oxygen atoms in total. The molecule has 1 saturated heterocycles. The Bertz CT molecular complexity index is 1210. The van der Waals surface area contributed by atoms with Crippen LogP contribution < -0.4 is 10.2 Å². The van der Waals surface area contributed by atoms with E-state index >= 15 is 0 Å². The molecule has 4 aromatic rings. The third-order valence-electron chi connectivity index (χ3n) is 5.00. The Morgan fingerprint density at radius 1 is 1.18 bits per heavy atom. The van der Waals surface area contributed by atoms with Crippen LogP contribution in [0, 0.1) is 13.8 Å². The van der Waals surface area contributed by atoms with E-state index in [-0.39, 0.29) is 5.91 Å². The van der Waals surface area contributed by atoms with Crippen molar-refractivity contribution in [1.82, 2.24) is 15.1 Å². The van der Waals surface area contributed by atoms with Gasteiger partial charge in [0.2, 0.25) is 0 Å². The van der Waals surface area contributed by atoms with Crippen molar-refractivity contribution >= 4 is 49.4 Å². The Morgan fingerprint density at radius 2 is 2.00 bits per heavy atom. The molecule has 5 rings (SSSR count). The molecule has 142 valence electrons. The van der Waals surface area contributed by atoms with Gasteiger partial charge in [0.25, 0.3) is 11.6 Å². The minimum Gasteiger partial charge on any atom is -0.348 e. The lowest BCUT2D eigenvalue weighted by Gasteiger charge is -2.11. The Morgan fingerprint density at radius 3 is 2.82 bits per heavy atom. The molecule has 0 radical (unpaired) electrons. The van der Waals surface area contributed by atoms with Gasteiger partial charge in [-0.2, -0.15) is 0 Å². The Kier molecular flexibility index (Phi) is 4.01. The number of nitrogens with zero attached hydrogens (tertiary/aromatic N) is 4. The molecular formula is C20H19N5O2S. The third-order valence-corrected chi connectivity index (χ3v) is 6.08. The van der Waals surface area contributed by atoms with Crippen LogP contribution >= 0.6 is 11.3 Å². The van der Waals surface area contributed by atoms with E-state index in [1.54, 1.807) is 17.4 Å². The molecule has 1 amide bonds. The quantitative estimate of drug-likeness (QED) is 0.559. The maximum atomic E-state index is 13.0. The highest BCUT2D eigenvalue weighted by molar-refractivity contribution is 7.22. The van der Waals surface area contributed by atoms with Crippen LogP contribution in [0.5, 0.6) is 0 Å². The fraction of sp³-hybridized carbons (Fsp3) is 0.300. The summed E-state index contributed by atoms with van der Waals surface area (Å²) in [7, 11) is 0. The second-order valence-electron chi connectivity index (χ2n) is 7.09. The minimum atomic E-state index is -0.203. The highest BCUT2D eigenvalue weighted by atomic mass is 32.1. The summed E-state index contributed by atoms with van der Waals surface area (Å²) >= 11 is 1.67. The fourth-order valence-electron chi connectivity index (χ4n) is 3.63. The van der Waals surface area contributed by atoms with E-state index in [1.807, 2.05) is 32.0 Å². The summed E-state index contributed by atoms with van der Waals surface area (Å²) < 4.78 is 6.29. The van der Waals surface area contributed by atoms with Crippen molar-refractivity contribution < 1.29 is 9.32 Å². The number of thiazole rings is 1. The maximum Gasteiger partial charge on any atom is 0.258 e. The molecule has 1 aliphatic rings. The van der Waals surface area contributed by atoms with Crippen LogP contribution in [0.1, 0.15) is 34.6 Å². The summed E-state index contributed by atoms with van der Waals surface area (Å²) in [6.45, 7) is 5.78. The number of carbonyl (C=O) groups excluding carboxylic acids is 1. The first-order chi connectivity index (χ1) is 13.6. The van der Waals surface area contributed by atoms with Gasteiger partial charge in [0.05, 0.1) is 26.9 Å². The van der Waals surface area contributed by atoms with Crippen LogP contribution in [0.25, 0.3) is 21.3 Å². The molecule has 0 atom stereocenters. The standard InChI is InChI=1S/C20H19N5O2S/c1-11-9-14(17-12(2)24-27-19(17)21-11)18(26)22-13-5-6-15-16(10-13)28-20(23-15)25-7-3-4-8-25/h5-6,9-10H,3-4,7-8H2,1-2H3,(H,22,26). The lowest BCUT2D eigenvalue weighted by molar-refractivity contribution is 0.102. The molecule has 1 fully saturated rings. The first kappa shape index (κ1) is 17.1. The molecule has 28 heavy (non-hydrogen) atoms. The van der Waals surface area contributed by atoms with Gasteiger partial charge >= 0.3 is 0 Å². The maximum absolute atomic E-state index is 13.0. The summed E-state index contributed by atoms with van der Waals surface area (Å²) in [5.74, 6) is -0.203. The van der Waals surface area contributed by atoms with Crippen LogP contribution in [-0.4, -0.2) is 34.1 Å². The number of aromatic nitrogens is 3. The number of nitrogens with one attached hydrogen (secondary N) is 1. The Hall–Kier alpha value is -3.00. The zero-order chi connectivity index (χ0) is 19.3. The second-order valence-corrected chi connectivity index (χ2v) is 8.10. The second kappa shape index (κ2) is 6.56. The Balaban J connectivity index is 1.46. The highest BCUT2D eigenvalue weighted by Crippen LogP contribution is 2.32. The molecule has 0 unspecified atom stereocenters. The molecule has 4 heterocycles. The van der Waals surface area contributed by atoms with E-state index in [0.29, 0.717) is 28.1 Å². The summed E-state index contributed by atoms with van der Waals surface area (Å²) in [4.78, 5) is 24.3. The molecule has 8 heteroatoms. The largest absolute Gasteiger partial charge is 0.348 e. The Labute approximate surface area is 165 Å². The molecule has 1 N–H and O–H groups in total. The number of anilines is 2. The van der Waals surface area contributed by atoms with Crippen molar-refractivity contribution in [2.75, 3.05) is 23.3 Å². The number of hydrogen-bond acceptors (Lipinski definition) is 7. The van der Waals surface area contributed by atoms with Gasteiger partial charge in [-0.15, -0.1) is 0 Å². The van der Waals surface area contributed by atoms with Crippen LogP contribution in [0.2, 0.25) is 0 Å². The van der Waals surface area contributed by atoms with Gasteiger partial charge in [0, 0.05) is 24.5 Å². The van der Waals surface area contributed by atoms with Crippen molar-refractivity contribution in [1.29, 1.82) is 0 Å². The van der Waals surface area contributed by atoms with Gasteiger partial charge in [-0.25, -0.2) is 9.97 Å². The van der Waals surface area contributed by atoms with E-state index in [0.717, 1.165) is 34.1 Å². The van der Waals surface area contributed by atoms with Crippen LogP contribution in [0.3, 0.4) is 0 Å². The molecule has 1 aliphatic heterocycles. The average molecular weight is 393 g/mol. The van der Waals surface area contributed by atoms with E-state index in [1.165, 1.54) is 12.8 Å².